The van der Waals surface area contributed by atoms with Crippen molar-refractivity contribution in [2.75, 3.05) is 6.61 Å². The Bertz CT molecular complexity index is 174. The van der Waals surface area contributed by atoms with Crippen molar-refractivity contribution in [3.05, 3.63) is 7.43 Å². The minimum Gasteiger partial charge on any atom is -0.726 e. The van der Waals surface area contributed by atoms with Crippen molar-refractivity contribution < 1.29 is 17.2 Å². The summed E-state index contributed by atoms with van der Waals surface area (Å²) in [6, 6.07) is 0. The van der Waals surface area contributed by atoms with Crippen LogP contribution >= 0.6 is 0 Å². The van der Waals surface area contributed by atoms with Crippen LogP contribution in [-0.2, 0) is 14.6 Å². The lowest BCUT2D eigenvalue weighted by Crippen LogP contribution is -2.04. The van der Waals surface area contributed by atoms with Crippen molar-refractivity contribution in [1.29, 1.82) is 0 Å². The van der Waals surface area contributed by atoms with E-state index < -0.39 is 10.4 Å². The molecule has 0 saturated heterocycles. The van der Waals surface area contributed by atoms with Crippen LogP contribution in [0.2, 0.25) is 0 Å². The van der Waals surface area contributed by atoms with Gasteiger partial charge in [-0.25, -0.2) is 8.42 Å². The van der Waals surface area contributed by atoms with Gasteiger partial charge in [-0.15, -0.1) is 0 Å². The van der Waals surface area contributed by atoms with Gasteiger partial charge in [0.25, 0.3) is 0 Å². The van der Waals surface area contributed by atoms with Gasteiger partial charge in [-0.1, -0.05) is 26.2 Å². The van der Waals surface area contributed by atoms with Crippen molar-refractivity contribution in [3.63, 3.8) is 0 Å². The van der Waals surface area contributed by atoms with E-state index in [9.17, 15) is 13.0 Å². The first-order valence-corrected chi connectivity index (χ1v) is 5.00. The SMILES string of the molecule is CCCCCCOS(=O)(=O)[O-].[CH3+]. The molecule has 0 heterocycles. The van der Waals surface area contributed by atoms with Crippen LogP contribution in [0.15, 0.2) is 0 Å². The minimum atomic E-state index is -4.46. The smallest absolute Gasteiger partial charge is 0.217 e. The molecular formula is C7H16O4S. The number of rotatable bonds is 6. The lowest BCUT2D eigenvalue weighted by molar-refractivity contribution is 0.255. The maximum absolute atomic E-state index is 9.89. The molecule has 0 aliphatic heterocycles. The van der Waals surface area contributed by atoms with Crippen molar-refractivity contribution in [2.24, 2.45) is 0 Å². The second-order valence-corrected chi connectivity index (χ2v) is 3.34. The Morgan fingerprint density at radius 1 is 1.25 bits per heavy atom. The fraction of sp³-hybridized carbons (Fsp3) is 0.857. The van der Waals surface area contributed by atoms with Gasteiger partial charge in [0.1, 0.15) is 0 Å². The van der Waals surface area contributed by atoms with E-state index in [1.165, 1.54) is 0 Å². The Morgan fingerprint density at radius 2 is 1.83 bits per heavy atom. The normalized spacial score (nSPS) is 10.8. The summed E-state index contributed by atoms with van der Waals surface area (Å²) >= 11 is 0. The third kappa shape index (κ3) is 12.4. The summed E-state index contributed by atoms with van der Waals surface area (Å²) in [4.78, 5) is 0. The summed E-state index contributed by atoms with van der Waals surface area (Å²) in [5, 5.41) is 0. The summed E-state index contributed by atoms with van der Waals surface area (Å²) in [5.41, 5.74) is 0. The molecule has 0 aliphatic carbocycles. The number of unbranched alkanes of at least 4 members (excludes halogenated alkanes) is 3. The second kappa shape index (κ2) is 7.39. The quantitative estimate of drug-likeness (QED) is 0.279. The molecule has 0 N–H and O–H groups in total. The van der Waals surface area contributed by atoms with E-state index in [0.717, 1.165) is 19.3 Å². The third-order valence-corrected chi connectivity index (χ3v) is 1.68. The first-order chi connectivity index (χ1) is 5.06. The molecule has 74 valence electrons. The molecule has 0 aromatic heterocycles. The summed E-state index contributed by atoms with van der Waals surface area (Å²) in [5.74, 6) is 0. The molecule has 0 rings (SSSR count). The van der Waals surface area contributed by atoms with Crippen LogP contribution in [0.1, 0.15) is 32.6 Å². The lowest BCUT2D eigenvalue weighted by Gasteiger charge is -2.06. The van der Waals surface area contributed by atoms with Crippen LogP contribution in [0, 0.1) is 7.43 Å². The van der Waals surface area contributed by atoms with Gasteiger partial charge in [0, 0.05) is 7.43 Å². The van der Waals surface area contributed by atoms with Crippen LogP contribution in [0.25, 0.3) is 0 Å². The van der Waals surface area contributed by atoms with Gasteiger partial charge in [-0.2, -0.15) is 0 Å². The van der Waals surface area contributed by atoms with Gasteiger partial charge in [0.15, 0.2) is 0 Å². The average molecular weight is 196 g/mol. The van der Waals surface area contributed by atoms with Crippen molar-refractivity contribution in [2.45, 2.75) is 32.6 Å². The van der Waals surface area contributed by atoms with Crippen molar-refractivity contribution in [1.82, 2.24) is 0 Å². The molecule has 0 fully saturated rings. The highest BCUT2D eigenvalue weighted by atomic mass is 32.3. The minimum absolute atomic E-state index is 0. The van der Waals surface area contributed by atoms with E-state index in [1.54, 1.807) is 0 Å². The molecule has 0 aromatic carbocycles. The predicted molar refractivity (Wildman–Crippen MR) is 46.2 cm³/mol. The molecule has 0 spiro atoms. The molecule has 0 unspecified atom stereocenters. The fourth-order valence-electron chi connectivity index (χ4n) is 0.690. The summed E-state index contributed by atoms with van der Waals surface area (Å²) < 4.78 is 33.7. The monoisotopic (exact) mass is 196 g/mol. The molecule has 0 aliphatic rings. The molecule has 0 radical (unpaired) electrons. The Kier molecular flexibility index (Phi) is 8.79. The first-order valence-electron chi connectivity index (χ1n) is 3.66. The molecule has 0 atom stereocenters. The van der Waals surface area contributed by atoms with E-state index in [2.05, 4.69) is 4.18 Å². The molecule has 4 nitrogen and oxygen atoms in total. The predicted octanol–water partition coefficient (Wildman–Crippen LogP) is 1.49. The topological polar surface area (TPSA) is 66.4 Å². The van der Waals surface area contributed by atoms with Crippen molar-refractivity contribution in [3.8, 4) is 0 Å². The zero-order valence-corrected chi connectivity index (χ0v) is 8.39. The summed E-state index contributed by atoms with van der Waals surface area (Å²) in [6.07, 6.45) is 3.66. The van der Waals surface area contributed by atoms with Gasteiger partial charge < -0.3 is 4.55 Å². The molecule has 0 saturated carbocycles. The fourth-order valence-corrected chi connectivity index (χ4v) is 1.01. The van der Waals surface area contributed by atoms with E-state index in [-0.39, 0.29) is 14.0 Å². The highest BCUT2D eigenvalue weighted by Crippen LogP contribution is 1.99. The van der Waals surface area contributed by atoms with E-state index in [0.29, 0.717) is 6.42 Å². The Hall–Kier alpha value is -0.260. The van der Waals surface area contributed by atoms with Crippen LogP contribution in [0.4, 0.5) is 0 Å². The summed E-state index contributed by atoms with van der Waals surface area (Å²) in [6.45, 7) is 2.07. The molecular weight excluding hydrogens is 180 g/mol. The standard InChI is InChI=1S/C6H14O4S.CH3/c1-2-3-4-5-6-10-11(7,8)9;/h2-6H2,1H3,(H,7,8,9);1H3/q;+1/p-1. The van der Waals surface area contributed by atoms with Gasteiger partial charge in [0.2, 0.25) is 10.4 Å². The van der Waals surface area contributed by atoms with Gasteiger partial charge >= 0.3 is 0 Å². The zero-order valence-electron chi connectivity index (χ0n) is 7.58. The number of hydrogen-bond donors (Lipinski definition) is 0. The Balaban J connectivity index is 0. The highest BCUT2D eigenvalue weighted by molar-refractivity contribution is 7.80. The van der Waals surface area contributed by atoms with Crippen LogP contribution in [-0.4, -0.2) is 19.6 Å². The van der Waals surface area contributed by atoms with E-state index in [4.69, 9.17) is 0 Å². The average Bonchev–Trinajstić information content (AvgIpc) is 1.85. The van der Waals surface area contributed by atoms with Crippen molar-refractivity contribution >= 4 is 10.4 Å². The highest BCUT2D eigenvalue weighted by Gasteiger charge is 1.93. The maximum atomic E-state index is 9.89. The maximum Gasteiger partial charge on any atom is 0.217 e. The molecule has 0 amide bonds. The summed E-state index contributed by atoms with van der Waals surface area (Å²) in [7, 11) is -4.46. The van der Waals surface area contributed by atoms with Gasteiger partial charge in [-0.3, -0.25) is 4.18 Å². The van der Waals surface area contributed by atoms with Gasteiger partial charge in [-0.05, 0) is 6.42 Å². The Morgan fingerprint density at radius 3 is 2.25 bits per heavy atom. The Labute approximate surface area is 74.9 Å². The van der Waals surface area contributed by atoms with Crippen LogP contribution < -0.4 is 0 Å². The lowest BCUT2D eigenvalue weighted by atomic mass is 10.2. The molecule has 0 aromatic rings. The van der Waals surface area contributed by atoms with Crippen LogP contribution in [0.3, 0.4) is 0 Å². The molecule has 5 heteroatoms. The zero-order chi connectivity index (χ0) is 8.74. The second-order valence-electron chi connectivity index (χ2n) is 2.29. The molecule has 0 bridgehead atoms. The van der Waals surface area contributed by atoms with Gasteiger partial charge in [0.05, 0.1) is 6.61 Å². The van der Waals surface area contributed by atoms with E-state index in [1.807, 2.05) is 6.92 Å². The number of hydrogen-bond acceptors (Lipinski definition) is 4. The van der Waals surface area contributed by atoms with E-state index >= 15 is 0 Å². The third-order valence-electron chi connectivity index (χ3n) is 1.23. The molecule has 12 heavy (non-hydrogen) atoms. The van der Waals surface area contributed by atoms with Crippen LogP contribution in [0.5, 0.6) is 0 Å². The first kappa shape index (κ1) is 14.3. The largest absolute Gasteiger partial charge is 0.726 e.